The van der Waals surface area contributed by atoms with Crippen molar-refractivity contribution in [2.24, 2.45) is 4.99 Å². The highest BCUT2D eigenvalue weighted by atomic mass is 14.8. The Balaban J connectivity index is 2.48. The number of hydrogen-bond donors (Lipinski definition) is 0. The lowest BCUT2D eigenvalue weighted by atomic mass is 10.1. The van der Waals surface area contributed by atoms with Gasteiger partial charge in [-0.1, -0.05) is 24.8 Å². The molecule has 1 heterocycles. The molecule has 0 N–H and O–H groups in total. The van der Waals surface area contributed by atoms with E-state index < -0.39 is 0 Å². The quantitative estimate of drug-likeness (QED) is 0.456. The summed E-state index contributed by atoms with van der Waals surface area (Å²) in [6.45, 7) is 3.84. The Kier molecular flexibility index (Phi) is 0.758. The number of fused-ring (bicyclic) bond motifs is 1. The van der Waals surface area contributed by atoms with Gasteiger partial charge in [-0.25, -0.2) is 0 Å². The Morgan fingerprint density at radius 2 is 2.44 bits per heavy atom. The molecule has 2 aliphatic rings. The van der Waals surface area contributed by atoms with E-state index in [0.29, 0.717) is 6.04 Å². The summed E-state index contributed by atoms with van der Waals surface area (Å²) in [5.41, 5.74) is 2.32. The SMILES string of the molecule is C=C1C=NC2C=CC=C12. The molecular weight excluding hydrogens is 110 g/mol. The van der Waals surface area contributed by atoms with E-state index in [1.807, 2.05) is 12.3 Å². The first-order valence-electron chi connectivity index (χ1n) is 2.99. The van der Waals surface area contributed by atoms with Gasteiger partial charge in [-0.2, -0.15) is 0 Å². The van der Waals surface area contributed by atoms with Crippen molar-refractivity contribution in [1.82, 2.24) is 0 Å². The zero-order valence-electron chi connectivity index (χ0n) is 5.04. The highest BCUT2D eigenvalue weighted by Gasteiger charge is 2.19. The van der Waals surface area contributed by atoms with Crippen molar-refractivity contribution in [3.05, 3.63) is 36.0 Å². The van der Waals surface area contributed by atoms with Gasteiger partial charge < -0.3 is 0 Å². The van der Waals surface area contributed by atoms with E-state index in [1.165, 1.54) is 5.57 Å². The van der Waals surface area contributed by atoms with E-state index in [1.54, 1.807) is 0 Å². The van der Waals surface area contributed by atoms with Gasteiger partial charge in [0.15, 0.2) is 0 Å². The third kappa shape index (κ3) is 0.515. The topological polar surface area (TPSA) is 12.4 Å². The lowest BCUT2D eigenvalue weighted by Crippen LogP contribution is -1.93. The summed E-state index contributed by atoms with van der Waals surface area (Å²) < 4.78 is 0. The van der Waals surface area contributed by atoms with E-state index in [2.05, 4.69) is 23.7 Å². The second kappa shape index (κ2) is 1.44. The Morgan fingerprint density at radius 3 is 3.22 bits per heavy atom. The molecule has 1 aliphatic heterocycles. The number of hydrogen-bond acceptors (Lipinski definition) is 1. The molecule has 1 heteroatoms. The van der Waals surface area contributed by atoms with E-state index in [9.17, 15) is 0 Å². The first-order chi connectivity index (χ1) is 4.38. The van der Waals surface area contributed by atoms with Crippen LogP contribution in [0.2, 0.25) is 0 Å². The van der Waals surface area contributed by atoms with E-state index in [0.717, 1.165) is 5.57 Å². The Morgan fingerprint density at radius 1 is 1.56 bits per heavy atom. The summed E-state index contributed by atoms with van der Waals surface area (Å²) in [7, 11) is 0. The summed E-state index contributed by atoms with van der Waals surface area (Å²) in [5, 5.41) is 0. The zero-order chi connectivity index (χ0) is 6.27. The van der Waals surface area contributed by atoms with Gasteiger partial charge in [0.05, 0.1) is 6.04 Å². The van der Waals surface area contributed by atoms with Gasteiger partial charge >= 0.3 is 0 Å². The normalized spacial score (nSPS) is 29.1. The van der Waals surface area contributed by atoms with Crippen LogP contribution in [0.25, 0.3) is 0 Å². The molecule has 44 valence electrons. The smallest absolute Gasteiger partial charge is 0.0939 e. The Hall–Kier alpha value is -1.11. The molecule has 0 spiro atoms. The van der Waals surface area contributed by atoms with Crippen molar-refractivity contribution < 1.29 is 0 Å². The van der Waals surface area contributed by atoms with Crippen molar-refractivity contribution in [3.8, 4) is 0 Å². The third-order valence-electron chi connectivity index (χ3n) is 1.65. The van der Waals surface area contributed by atoms with Crippen LogP contribution in [0.15, 0.2) is 40.9 Å². The number of allylic oxidation sites excluding steroid dienone is 2. The van der Waals surface area contributed by atoms with E-state index in [-0.39, 0.29) is 0 Å². The zero-order valence-corrected chi connectivity index (χ0v) is 5.04. The fourth-order valence-electron chi connectivity index (χ4n) is 1.14. The average Bonchev–Trinajstić information content (AvgIpc) is 2.35. The largest absolute Gasteiger partial charge is 0.280 e. The van der Waals surface area contributed by atoms with Gasteiger partial charge in [0.1, 0.15) is 0 Å². The number of aliphatic imine (C=N–C) groups is 1. The van der Waals surface area contributed by atoms with Gasteiger partial charge in [-0.15, -0.1) is 0 Å². The summed E-state index contributed by atoms with van der Waals surface area (Å²) in [4.78, 5) is 4.20. The van der Waals surface area contributed by atoms with Gasteiger partial charge in [-0.3, -0.25) is 4.99 Å². The van der Waals surface area contributed by atoms with Crippen molar-refractivity contribution in [2.45, 2.75) is 6.04 Å². The molecule has 0 fully saturated rings. The molecule has 0 saturated heterocycles. The van der Waals surface area contributed by atoms with Gasteiger partial charge in [0, 0.05) is 6.21 Å². The number of nitrogens with zero attached hydrogens (tertiary/aromatic N) is 1. The predicted molar refractivity (Wildman–Crippen MR) is 38.6 cm³/mol. The van der Waals surface area contributed by atoms with Crippen LogP contribution in [-0.4, -0.2) is 12.3 Å². The maximum atomic E-state index is 4.20. The summed E-state index contributed by atoms with van der Waals surface area (Å²) in [5.74, 6) is 0. The minimum absolute atomic E-state index is 0.303. The first kappa shape index (κ1) is 4.74. The summed E-state index contributed by atoms with van der Waals surface area (Å²) in [6.07, 6.45) is 8.01. The highest BCUT2D eigenvalue weighted by Crippen LogP contribution is 2.25. The molecule has 1 aliphatic carbocycles. The van der Waals surface area contributed by atoms with Crippen molar-refractivity contribution in [3.63, 3.8) is 0 Å². The lowest BCUT2D eigenvalue weighted by molar-refractivity contribution is 1.03. The molecule has 0 saturated carbocycles. The monoisotopic (exact) mass is 117 g/mol. The van der Waals surface area contributed by atoms with Crippen molar-refractivity contribution >= 4 is 6.21 Å². The molecule has 0 amide bonds. The minimum Gasteiger partial charge on any atom is -0.280 e. The van der Waals surface area contributed by atoms with Crippen LogP contribution in [0.5, 0.6) is 0 Å². The van der Waals surface area contributed by atoms with Crippen molar-refractivity contribution in [2.75, 3.05) is 0 Å². The molecule has 0 bridgehead atoms. The van der Waals surface area contributed by atoms with Crippen LogP contribution in [0.3, 0.4) is 0 Å². The molecule has 1 nitrogen and oxygen atoms in total. The van der Waals surface area contributed by atoms with Gasteiger partial charge in [-0.05, 0) is 11.1 Å². The van der Waals surface area contributed by atoms with Crippen molar-refractivity contribution in [1.29, 1.82) is 0 Å². The van der Waals surface area contributed by atoms with Gasteiger partial charge in [0.2, 0.25) is 0 Å². The van der Waals surface area contributed by atoms with E-state index >= 15 is 0 Å². The fourth-order valence-corrected chi connectivity index (χ4v) is 1.14. The van der Waals surface area contributed by atoms with Crippen LogP contribution >= 0.6 is 0 Å². The standard InChI is InChI=1S/C8H7N/c1-6-5-9-8-4-2-3-7(6)8/h2-5,8H,1H2. The fraction of sp³-hybridized carbons (Fsp3) is 0.125. The van der Waals surface area contributed by atoms with Gasteiger partial charge in [0.25, 0.3) is 0 Å². The molecule has 1 unspecified atom stereocenters. The van der Waals surface area contributed by atoms with Crippen LogP contribution in [-0.2, 0) is 0 Å². The predicted octanol–water partition coefficient (Wildman–Crippen LogP) is 1.49. The first-order valence-corrected chi connectivity index (χ1v) is 2.99. The number of rotatable bonds is 0. The minimum atomic E-state index is 0.303. The molecule has 0 aromatic carbocycles. The van der Waals surface area contributed by atoms with Crippen LogP contribution in [0.1, 0.15) is 0 Å². The molecule has 2 rings (SSSR count). The molecule has 0 aromatic rings. The molecular formula is C8H7N. The van der Waals surface area contributed by atoms with Crippen LogP contribution in [0, 0.1) is 0 Å². The molecule has 0 aromatic heterocycles. The molecule has 1 atom stereocenters. The molecule has 9 heavy (non-hydrogen) atoms. The lowest BCUT2D eigenvalue weighted by Gasteiger charge is -1.96. The molecule has 0 radical (unpaired) electrons. The maximum absolute atomic E-state index is 4.20. The Labute approximate surface area is 54.1 Å². The summed E-state index contributed by atoms with van der Waals surface area (Å²) >= 11 is 0. The summed E-state index contributed by atoms with van der Waals surface area (Å²) in [6, 6.07) is 0.303. The second-order valence-corrected chi connectivity index (χ2v) is 2.26. The van der Waals surface area contributed by atoms with Crippen LogP contribution < -0.4 is 0 Å². The second-order valence-electron chi connectivity index (χ2n) is 2.26. The van der Waals surface area contributed by atoms with E-state index in [4.69, 9.17) is 0 Å². The Bertz CT molecular complexity index is 243. The highest BCUT2D eigenvalue weighted by molar-refractivity contribution is 5.89. The maximum Gasteiger partial charge on any atom is 0.0939 e. The average molecular weight is 117 g/mol. The van der Waals surface area contributed by atoms with Crippen LogP contribution in [0.4, 0.5) is 0 Å². The third-order valence-corrected chi connectivity index (χ3v) is 1.65.